The maximum absolute atomic E-state index is 12.6. The van der Waals surface area contributed by atoms with Crippen LogP contribution in [0, 0.1) is 0 Å². The van der Waals surface area contributed by atoms with Crippen molar-refractivity contribution in [1.29, 1.82) is 0 Å². The van der Waals surface area contributed by atoms with Crippen molar-refractivity contribution in [2.45, 2.75) is 25.4 Å². The summed E-state index contributed by atoms with van der Waals surface area (Å²) in [6.07, 6.45) is 4.29. The van der Waals surface area contributed by atoms with Gasteiger partial charge >= 0.3 is 0 Å². The van der Waals surface area contributed by atoms with Crippen molar-refractivity contribution >= 4 is 35.0 Å². The van der Waals surface area contributed by atoms with Crippen molar-refractivity contribution in [2.24, 2.45) is 0 Å². The Kier molecular flexibility index (Phi) is 5.06. The fraction of sp³-hybridized carbons (Fsp3) is 0.312. The molecule has 1 aliphatic rings. The number of pyridine rings is 1. The zero-order valence-corrected chi connectivity index (χ0v) is 14.2. The first-order valence-corrected chi connectivity index (χ1v) is 8.24. The molecule has 1 N–H and O–H groups in total. The van der Waals surface area contributed by atoms with Crippen LogP contribution in [0.15, 0.2) is 35.1 Å². The third-order valence-electron chi connectivity index (χ3n) is 3.88. The third kappa shape index (κ3) is 3.55. The van der Waals surface area contributed by atoms with Crippen LogP contribution < -0.4 is 5.32 Å². The molecule has 1 aliphatic heterocycles. The average Bonchev–Trinajstić information content (AvgIpc) is 3.26. The highest BCUT2D eigenvalue weighted by Gasteiger charge is 2.34. The van der Waals surface area contributed by atoms with Crippen LogP contribution in [0.3, 0.4) is 0 Å². The van der Waals surface area contributed by atoms with Gasteiger partial charge in [0.15, 0.2) is 0 Å². The standard InChI is InChI=1S/C16H15Cl2N3O3/c17-12-7-10(8-19-14(12)18)16(23)21-5-1-4-13(21)15(22)20-9-11-3-2-6-24-11/h2-3,6-8,13H,1,4-5,9H2,(H,20,22)/t13-/m0/s1. The minimum Gasteiger partial charge on any atom is -0.467 e. The van der Waals surface area contributed by atoms with Crippen molar-refractivity contribution in [2.75, 3.05) is 6.54 Å². The molecule has 2 aromatic heterocycles. The molecule has 2 aromatic rings. The molecule has 126 valence electrons. The Hall–Kier alpha value is -2.05. The monoisotopic (exact) mass is 367 g/mol. The van der Waals surface area contributed by atoms with Crippen LogP contribution in [0.25, 0.3) is 0 Å². The molecule has 0 spiro atoms. The first kappa shape index (κ1) is 16.8. The minimum absolute atomic E-state index is 0.141. The molecule has 0 aromatic carbocycles. The lowest BCUT2D eigenvalue weighted by Gasteiger charge is -2.24. The van der Waals surface area contributed by atoms with E-state index >= 15 is 0 Å². The summed E-state index contributed by atoms with van der Waals surface area (Å²) < 4.78 is 5.18. The number of hydrogen-bond acceptors (Lipinski definition) is 4. The van der Waals surface area contributed by atoms with Crippen LogP contribution >= 0.6 is 23.2 Å². The van der Waals surface area contributed by atoms with Crippen LogP contribution in [-0.2, 0) is 11.3 Å². The molecular weight excluding hydrogens is 353 g/mol. The molecule has 0 radical (unpaired) electrons. The van der Waals surface area contributed by atoms with E-state index in [-0.39, 0.29) is 22.0 Å². The number of amides is 2. The minimum atomic E-state index is -0.512. The van der Waals surface area contributed by atoms with E-state index in [4.69, 9.17) is 27.6 Å². The summed E-state index contributed by atoms with van der Waals surface area (Å²) in [6, 6.07) is 4.49. The number of furan rings is 1. The molecular formula is C16H15Cl2N3O3. The normalized spacial score (nSPS) is 17.1. The first-order valence-electron chi connectivity index (χ1n) is 7.48. The second-order valence-electron chi connectivity index (χ2n) is 5.45. The Morgan fingerprint density at radius 1 is 1.42 bits per heavy atom. The Labute approximate surface area is 148 Å². The Balaban J connectivity index is 1.68. The molecule has 0 aliphatic carbocycles. The molecule has 24 heavy (non-hydrogen) atoms. The molecule has 1 fully saturated rings. The predicted molar refractivity (Wildman–Crippen MR) is 88.9 cm³/mol. The largest absolute Gasteiger partial charge is 0.467 e. The fourth-order valence-electron chi connectivity index (χ4n) is 2.69. The average molecular weight is 368 g/mol. The summed E-state index contributed by atoms with van der Waals surface area (Å²) in [5.41, 5.74) is 0.315. The number of nitrogens with zero attached hydrogens (tertiary/aromatic N) is 2. The molecule has 8 heteroatoms. The number of halogens is 2. The van der Waals surface area contributed by atoms with Crippen LogP contribution in [0.5, 0.6) is 0 Å². The Morgan fingerprint density at radius 2 is 2.25 bits per heavy atom. The Morgan fingerprint density at radius 3 is 2.96 bits per heavy atom. The summed E-state index contributed by atoms with van der Waals surface area (Å²) >= 11 is 11.7. The zero-order chi connectivity index (χ0) is 17.1. The maximum atomic E-state index is 12.6. The highest BCUT2D eigenvalue weighted by molar-refractivity contribution is 6.41. The quantitative estimate of drug-likeness (QED) is 0.842. The van der Waals surface area contributed by atoms with E-state index in [1.54, 1.807) is 23.3 Å². The summed E-state index contributed by atoms with van der Waals surface area (Å²) in [5.74, 6) is 0.176. The number of nitrogens with one attached hydrogen (secondary N) is 1. The number of carbonyl (C=O) groups is 2. The van der Waals surface area contributed by atoms with Gasteiger partial charge < -0.3 is 14.6 Å². The molecule has 6 nitrogen and oxygen atoms in total. The summed E-state index contributed by atoms with van der Waals surface area (Å²) in [4.78, 5) is 30.5. The van der Waals surface area contributed by atoms with Crippen molar-refractivity contribution in [1.82, 2.24) is 15.2 Å². The van der Waals surface area contributed by atoms with E-state index in [0.29, 0.717) is 30.8 Å². The molecule has 1 atom stereocenters. The lowest BCUT2D eigenvalue weighted by atomic mass is 10.2. The highest BCUT2D eigenvalue weighted by Crippen LogP contribution is 2.24. The van der Waals surface area contributed by atoms with E-state index < -0.39 is 6.04 Å². The van der Waals surface area contributed by atoms with Gasteiger partial charge in [-0.25, -0.2) is 4.98 Å². The van der Waals surface area contributed by atoms with Gasteiger partial charge in [-0.3, -0.25) is 9.59 Å². The van der Waals surface area contributed by atoms with E-state index in [0.717, 1.165) is 6.42 Å². The summed E-state index contributed by atoms with van der Waals surface area (Å²) in [7, 11) is 0. The van der Waals surface area contributed by atoms with E-state index in [1.165, 1.54) is 12.3 Å². The lowest BCUT2D eigenvalue weighted by molar-refractivity contribution is -0.125. The number of hydrogen-bond donors (Lipinski definition) is 1. The lowest BCUT2D eigenvalue weighted by Crippen LogP contribution is -2.45. The number of likely N-dealkylation sites (tertiary alicyclic amines) is 1. The number of rotatable bonds is 4. The topological polar surface area (TPSA) is 75.4 Å². The summed E-state index contributed by atoms with van der Waals surface area (Å²) in [6.45, 7) is 0.802. The van der Waals surface area contributed by atoms with Crippen LogP contribution in [0.2, 0.25) is 10.2 Å². The van der Waals surface area contributed by atoms with Crippen LogP contribution in [0.1, 0.15) is 29.0 Å². The molecule has 0 saturated carbocycles. The second-order valence-corrected chi connectivity index (χ2v) is 6.22. The van der Waals surface area contributed by atoms with Gasteiger partial charge in [0.25, 0.3) is 5.91 Å². The van der Waals surface area contributed by atoms with Crippen molar-refractivity contribution in [3.8, 4) is 0 Å². The van der Waals surface area contributed by atoms with Crippen molar-refractivity contribution in [3.05, 3.63) is 52.2 Å². The van der Waals surface area contributed by atoms with Crippen molar-refractivity contribution in [3.63, 3.8) is 0 Å². The van der Waals surface area contributed by atoms with E-state index in [2.05, 4.69) is 10.3 Å². The van der Waals surface area contributed by atoms with Gasteiger partial charge in [0.05, 0.1) is 23.4 Å². The SMILES string of the molecule is O=C(NCc1ccco1)[C@@H]1CCCN1C(=O)c1cnc(Cl)c(Cl)c1. The smallest absolute Gasteiger partial charge is 0.256 e. The number of carbonyl (C=O) groups excluding carboxylic acids is 2. The molecule has 3 rings (SSSR count). The van der Waals surface area contributed by atoms with E-state index in [9.17, 15) is 9.59 Å². The van der Waals surface area contributed by atoms with Gasteiger partial charge in [0, 0.05) is 12.7 Å². The van der Waals surface area contributed by atoms with Gasteiger partial charge in [-0.1, -0.05) is 23.2 Å². The van der Waals surface area contributed by atoms with Gasteiger partial charge in [-0.15, -0.1) is 0 Å². The molecule has 3 heterocycles. The highest BCUT2D eigenvalue weighted by atomic mass is 35.5. The van der Waals surface area contributed by atoms with E-state index in [1.807, 2.05) is 0 Å². The Bertz CT molecular complexity index is 749. The first-order chi connectivity index (χ1) is 11.6. The van der Waals surface area contributed by atoms with Gasteiger partial charge in [-0.2, -0.15) is 0 Å². The summed E-state index contributed by atoms with van der Waals surface area (Å²) in [5, 5.41) is 3.14. The van der Waals surface area contributed by atoms with Crippen LogP contribution in [-0.4, -0.2) is 34.3 Å². The molecule has 0 unspecified atom stereocenters. The van der Waals surface area contributed by atoms with Crippen LogP contribution in [0.4, 0.5) is 0 Å². The van der Waals surface area contributed by atoms with Gasteiger partial charge in [0.1, 0.15) is 17.0 Å². The predicted octanol–water partition coefficient (Wildman–Crippen LogP) is 2.90. The van der Waals surface area contributed by atoms with Gasteiger partial charge in [0.2, 0.25) is 5.91 Å². The number of aromatic nitrogens is 1. The fourth-order valence-corrected chi connectivity index (χ4v) is 2.96. The second kappa shape index (κ2) is 7.23. The van der Waals surface area contributed by atoms with Crippen molar-refractivity contribution < 1.29 is 14.0 Å². The zero-order valence-electron chi connectivity index (χ0n) is 12.7. The van der Waals surface area contributed by atoms with Gasteiger partial charge in [-0.05, 0) is 31.0 Å². The third-order valence-corrected chi connectivity index (χ3v) is 4.56. The maximum Gasteiger partial charge on any atom is 0.256 e. The molecule has 2 amide bonds. The molecule has 0 bridgehead atoms. The molecule has 1 saturated heterocycles.